The van der Waals surface area contributed by atoms with E-state index in [1.54, 1.807) is 19.3 Å². The number of H-pyrrole nitrogens is 1. The van der Waals surface area contributed by atoms with Crippen molar-refractivity contribution in [3.63, 3.8) is 0 Å². The van der Waals surface area contributed by atoms with Gasteiger partial charge in [-0.05, 0) is 30.7 Å². The molecule has 0 aliphatic rings. The Kier molecular flexibility index (Phi) is 5.46. The van der Waals surface area contributed by atoms with Gasteiger partial charge in [-0.1, -0.05) is 0 Å². The lowest BCUT2D eigenvalue weighted by molar-refractivity contribution is 0.518. The average molecular weight is 360 g/mol. The Labute approximate surface area is 143 Å². The van der Waals surface area contributed by atoms with Crippen molar-refractivity contribution in [2.45, 2.75) is 25.9 Å². The minimum atomic E-state index is -0.411. The Morgan fingerprint density at radius 2 is 2.26 bits per heavy atom. The maximum Gasteiger partial charge on any atom is 0.226 e. The molecule has 0 aromatic carbocycles. The first-order valence-corrected chi connectivity index (χ1v) is 7.18. The molecule has 0 saturated carbocycles. The summed E-state index contributed by atoms with van der Waals surface area (Å²) < 4.78 is 19.8. The quantitative estimate of drug-likeness (QED) is 0.608. The minimum Gasteiger partial charge on any atom is -0.467 e. The van der Waals surface area contributed by atoms with E-state index in [2.05, 4.69) is 20.3 Å². The largest absolute Gasteiger partial charge is 0.467 e. The highest BCUT2D eigenvalue weighted by atomic mass is 35.5. The van der Waals surface area contributed by atoms with Gasteiger partial charge in [-0.3, -0.25) is 0 Å². The maximum atomic E-state index is 14.6. The van der Waals surface area contributed by atoms with E-state index < -0.39 is 5.82 Å². The number of nitrogens with zero attached hydrogens (tertiary/aromatic N) is 2. The summed E-state index contributed by atoms with van der Waals surface area (Å²) in [5, 5.41) is 3.32. The number of aromatic nitrogens is 3. The first-order valence-electron chi connectivity index (χ1n) is 6.80. The van der Waals surface area contributed by atoms with Gasteiger partial charge in [-0.25, -0.2) is 4.39 Å². The maximum absolute atomic E-state index is 14.6. The molecule has 124 valence electrons. The van der Waals surface area contributed by atoms with Crippen molar-refractivity contribution in [3.8, 4) is 0 Å². The molecular formula is C14H16Cl2FN5O. The number of nitrogens with one attached hydrogen (secondary N) is 2. The summed E-state index contributed by atoms with van der Waals surface area (Å²) in [7, 11) is 0. The standard InChI is InChI=1S/C14H15ClFN5O.ClH/c1-7(17)5-9-11(16)10-12(18-6-8-3-2-4-22-8)20-14(15)21-13(10)19-9;/h2-4,7H,5-6,17H2,1H3,(H2,18,19,20,21);1H. The van der Waals surface area contributed by atoms with Crippen LogP contribution in [0.2, 0.25) is 5.28 Å². The summed E-state index contributed by atoms with van der Waals surface area (Å²) in [5.74, 6) is 0.608. The lowest BCUT2D eigenvalue weighted by Gasteiger charge is -2.05. The van der Waals surface area contributed by atoms with Gasteiger partial charge in [-0.2, -0.15) is 9.97 Å². The summed E-state index contributed by atoms with van der Waals surface area (Å²) in [6.45, 7) is 2.17. The fraction of sp³-hybridized carbons (Fsp3) is 0.286. The highest BCUT2D eigenvalue weighted by Gasteiger charge is 2.19. The number of fused-ring (bicyclic) bond motifs is 1. The zero-order chi connectivity index (χ0) is 15.7. The van der Waals surface area contributed by atoms with E-state index >= 15 is 0 Å². The van der Waals surface area contributed by atoms with E-state index in [0.29, 0.717) is 35.9 Å². The molecule has 1 unspecified atom stereocenters. The van der Waals surface area contributed by atoms with Gasteiger partial charge in [0.2, 0.25) is 5.28 Å². The van der Waals surface area contributed by atoms with Crippen molar-refractivity contribution < 1.29 is 8.81 Å². The second-order valence-corrected chi connectivity index (χ2v) is 5.43. The van der Waals surface area contributed by atoms with E-state index in [1.165, 1.54) is 0 Å². The fourth-order valence-corrected chi connectivity index (χ4v) is 2.42. The molecule has 0 fully saturated rings. The third kappa shape index (κ3) is 3.74. The Bertz CT molecular complexity index is 788. The Morgan fingerprint density at radius 3 is 2.91 bits per heavy atom. The summed E-state index contributed by atoms with van der Waals surface area (Å²) in [4.78, 5) is 11.0. The number of furan rings is 1. The van der Waals surface area contributed by atoms with Gasteiger partial charge in [0.15, 0.2) is 5.82 Å². The van der Waals surface area contributed by atoms with Crippen LogP contribution in [0.25, 0.3) is 11.0 Å². The Hall–Kier alpha value is -1.83. The van der Waals surface area contributed by atoms with E-state index in [0.717, 1.165) is 0 Å². The van der Waals surface area contributed by atoms with E-state index in [9.17, 15) is 4.39 Å². The van der Waals surface area contributed by atoms with Crippen LogP contribution in [0.3, 0.4) is 0 Å². The molecule has 0 amide bonds. The molecule has 4 N–H and O–H groups in total. The molecule has 9 heteroatoms. The van der Waals surface area contributed by atoms with Crippen molar-refractivity contribution in [1.29, 1.82) is 0 Å². The molecule has 0 spiro atoms. The van der Waals surface area contributed by atoms with Gasteiger partial charge >= 0.3 is 0 Å². The second-order valence-electron chi connectivity index (χ2n) is 5.10. The van der Waals surface area contributed by atoms with Crippen LogP contribution in [0.5, 0.6) is 0 Å². The minimum absolute atomic E-state index is 0. The molecule has 1 atom stereocenters. The highest BCUT2D eigenvalue weighted by molar-refractivity contribution is 6.28. The third-order valence-corrected chi connectivity index (χ3v) is 3.34. The van der Waals surface area contributed by atoms with Crippen molar-refractivity contribution in [2.75, 3.05) is 5.32 Å². The molecule has 3 aromatic heterocycles. The highest BCUT2D eigenvalue weighted by Crippen LogP contribution is 2.28. The molecule has 0 radical (unpaired) electrons. The molecule has 0 aliphatic heterocycles. The molecule has 0 saturated heterocycles. The topological polar surface area (TPSA) is 92.8 Å². The fourth-order valence-electron chi connectivity index (χ4n) is 2.26. The molecule has 6 nitrogen and oxygen atoms in total. The number of nitrogens with two attached hydrogens (primary N) is 1. The van der Waals surface area contributed by atoms with Crippen LogP contribution in [0.4, 0.5) is 10.2 Å². The van der Waals surface area contributed by atoms with E-state index in [4.69, 9.17) is 21.8 Å². The first-order chi connectivity index (χ1) is 10.5. The van der Waals surface area contributed by atoms with Crippen molar-refractivity contribution in [3.05, 3.63) is 41.0 Å². The summed E-state index contributed by atoms with van der Waals surface area (Å²) in [5.41, 5.74) is 6.46. The van der Waals surface area contributed by atoms with Gasteiger partial charge < -0.3 is 20.5 Å². The molecule has 3 rings (SSSR count). The van der Waals surface area contributed by atoms with E-state index in [-0.39, 0.29) is 29.1 Å². The number of halogens is 3. The Balaban J connectivity index is 0.00000192. The van der Waals surface area contributed by atoms with Crippen LogP contribution in [0.15, 0.2) is 22.8 Å². The summed E-state index contributed by atoms with van der Waals surface area (Å²) in [6, 6.07) is 3.41. The summed E-state index contributed by atoms with van der Waals surface area (Å²) in [6.07, 6.45) is 1.94. The zero-order valence-electron chi connectivity index (χ0n) is 12.3. The number of aromatic amines is 1. The van der Waals surface area contributed by atoms with E-state index in [1.807, 2.05) is 6.07 Å². The second kappa shape index (κ2) is 7.16. The predicted octanol–water partition coefficient (Wildman–Crippen LogP) is 3.27. The number of hydrogen-bond acceptors (Lipinski definition) is 5. The molecule has 3 aromatic rings. The average Bonchev–Trinajstić information content (AvgIpc) is 3.05. The number of anilines is 1. The van der Waals surface area contributed by atoms with Crippen molar-refractivity contribution >= 4 is 40.9 Å². The zero-order valence-corrected chi connectivity index (χ0v) is 13.8. The van der Waals surface area contributed by atoms with Crippen LogP contribution in [0.1, 0.15) is 18.4 Å². The monoisotopic (exact) mass is 359 g/mol. The molecular weight excluding hydrogens is 344 g/mol. The van der Waals surface area contributed by atoms with Gasteiger partial charge in [0.1, 0.15) is 17.2 Å². The molecule has 0 bridgehead atoms. The smallest absolute Gasteiger partial charge is 0.226 e. The lowest BCUT2D eigenvalue weighted by Crippen LogP contribution is -2.18. The van der Waals surface area contributed by atoms with Crippen LogP contribution in [-0.2, 0) is 13.0 Å². The van der Waals surface area contributed by atoms with Crippen LogP contribution >= 0.6 is 24.0 Å². The Morgan fingerprint density at radius 1 is 1.48 bits per heavy atom. The summed E-state index contributed by atoms with van der Waals surface area (Å²) >= 11 is 5.90. The number of hydrogen-bond donors (Lipinski definition) is 3. The van der Waals surface area contributed by atoms with Gasteiger partial charge in [0.25, 0.3) is 0 Å². The van der Waals surface area contributed by atoms with Crippen molar-refractivity contribution in [1.82, 2.24) is 15.0 Å². The normalized spacial score (nSPS) is 12.2. The molecule has 3 heterocycles. The predicted molar refractivity (Wildman–Crippen MR) is 89.5 cm³/mol. The third-order valence-electron chi connectivity index (χ3n) is 3.17. The first kappa shape index (κ1) is 17.5. The molecule has 0 aliphatic carbocycles. The van der Waals surface area contributed by atoms with Gasteiger partial charge in [-0.15, -0.1) is 12.4 Å². The molecule has 23 heavy (non-hydrogen) atoms. The number of rotatable bonds is 5. The van der Waals surface area contributed by atoms with Gasteiger partial charge in [0.05, 0.1) is 23.9 Å². The van der Waals surface area contributed by atoms with Crippen LogP contribution in [0, 0.1) is 5.82 Å². The van der Waals surface area contributed by atoms with Crippen molar-refractivity contribution in [2.24, 2.45) is 5.73 Å². The SMILES string of the molecule is CC(N)Cc1[nH]c2nc(Cl)nc(NCc3ccco3)c2c1F.Cl. The lowest BCUT2D eigenvalue weighted by atomic mass is 10.2. The van der Waals surface area contributed by atoms with Crippen LogP contribution in [-0.4, -0.2) is 21.0 Å². The van der Waals surface area contributed by atoms with Gasteiger partial charge in [0, 0.05) is 12.5 Å². The van der Waals surface area contributed by atoms with Crippen LogP contribution < -0.4 is 11.1 Å².